The molecule has 1 atom stereocenters. The Morgan fingerprint density at radius 2 is 2.05 bits per heavy atom. The molecule has 0 saturated carbocycles. The molecule has 118 valence electrons. The highest BCUT2D eigenvalue weighted by molar-refractivity contribution is 7.10. The number of halogens is 1. The standard InChI is InChI=1S/C14H18FN5OS/c1-4-10(12-9(15)6-7-22-12)18-13-16-8(3)17-14(20-13)19-11(21)5-2/h6-7,10H,4-5H2,1-3H3,(H2,16,17,18,19,20,21). The molecule has 6 nitrogen and oxygen atoms in total. The Hall–Kier alpha value is -2.09. The smallest absolute Gasteiger partial charge is 0.234 e. The largest absolute Gasteiger partial charge is 0.346 e. The molecule has 22 heavy (non-hydrogen) atoms. The molecular formula is C14H18FN5OS. The van der Waals surface area contributed by atoms with E-state index in [1.807, 2.05) is 6.92 Å². The van der Waals surface area contributed by atoms with E-state index in [4.69, 9.17) is 0 Å². The minimum Gasteiger partial charge on any atom is -0.346 e. The number of hydrogen-bond acceptors (Lipinski definition) is 6. The van der Waals surface area contributed by atoms with Crippen LogP contribution in [-0.2, 0) is 4.79 Å². The number of hydrogen-bond donors (Lipinski definition) is 2. The van der Waals surface area contributed by atoms with E-state index in [0.29, 0.717) is 29.5 Å². The van der Waals surface area contributed by atoms with Gasteiger partial charge in [-0.2, -0.15) is 15.0 Å². The van der Waals surface area contributed by atoms with Gasteiger partial charge in [0.2, 0.25) is 17.8 Å². The van der Waals surface area contributed by atoms with Gasteiger partial charge >= 0.3 is 0 Å². The Balaban J connectivity index is 2.21. The molecule has 0 aliphatic rings. The van der Waals surface area contributed by atoms with Crippen LogP contribution in [0.1, 0.15) is 43.4 Å². The molecule has 2 aromatic heterocycles. The number of anilines is 2. The first-order valence-corrected chi connectivity index (χ1v) is 7.93. The Morgan fingerprint density at radius 1 is 1.32 bits per heavy atom. The first-order valence-electron chi connectivity index (χ1n) is 7.05. The van der Waals surface area contributed by atoms with Crippen LogP contribution in [0, 0.1) is 12.7 Å². The third-order valence-corrected chi connectivity index (χ3v) is 4.00. The number of amides is 1. The Bertz CT molecular complexity index is 660. The van der Waals surface area contributed by atoms with Crippen molar-refractivity contribution in [3.05, 3.63) is 28.0 Å². The quantitative estimate of drug-likeness (QED) is 0.852. The zero-order valence-electron chi connectivity index (χ0n) is 12.7. The van der Waals surface area contributed by atoms with Gasteiger partial charge in [-0.3, -0.25) is 10.1 Å². The van der Waals surface area contributed by atoms with Gasteiger partial charge in [0.25, 0.3) is 0 Å². The van der Waals surface area contributed by atoms with E-state index >= 15 is 0 Å². The van der Waals surface area contributed by atoms with E-state index in [1.54, 1.807) is 19.2 Å². The van der Waals surface area contributed by atoms with Crippen molar-refractivity contribution < 1.29 is 9.18 Å². The van der Waals surface area contributed by atoms with Crippen molar-refractivity contribution in [1.82, 2.24) is 15.0 Å². The maximum atomic E-state index is 13.7. The topological polar surface area (TPSA) is 79.8 Å². The highest BCUT2D eigenvalue weighted by atomic mass is 32.1. The molecule has 0 saturated heterocycles. The molecule has 2 aromatic rings. The average Bonchev–Trinajstić information content (AvgIpc) is 2.90. The number of nitrogens with zero attached hydrogens (tertiary/aromatic N) is 3. The van der Waals surface area contributed by atoms with Gasteiger partial charge in [0.05, 0.1) is 10.9 Å². The van der Waals surface area contributed by atoms with E-state index in [2.05, 4.69) is 25.6 Å². The lowest BCUT2D eigenvalue weighted by Gasteiger charge is -2.16. The zero-order valence-corrected chi connectivity index (χ0v) is 13.5. The van der Waals surface area contributed by atoms with E-state index in [0.717, 1.165) is 0 Å². The summed E-state index contributed by atoms with van der Waals surface area (Å²) in [5.41, 5.74) is 0. The molecule has 1 amide bonds. The van der Waals surface area contributed by atoms with E-state index in [1.165, 1.54) is 17.4 Å². The molecule has 0 aromatic carbocycles. The molecular weight excluding hydrogens is 305 g/mol. The lowest BCUT2D eigenvalue weighted by atomic mass is 10.2. The maximum absolute atomic E-state index is 13.7. The average molecular weight is 323 g/mol. The molecule has 0 fully saturated rings. The summed E-state index contributed by atoms with van der Waals surface area (Å²) in [5.74, 6) is 0.579. The number of carbonyl (C=O) groups excluding carboxylic acids is 1. The predicted molar refractivity (Wildman–Crippen MR) is 84.4 cm³/mol. The lowest BCUT2D eigenvalue weighted by Crippen LogP contribution is -2.17. The Morgan fingerprint density at radius 3 is 2.64 bits per heavy atom. The monoisotopic (exact) mass is 323 g/mol. The van der Waals surface area contributed by atoms with Gasteiger partial charge in [-0.15, -0.1) is 11.3 Å². The summed E-state index contributed by atoms with van der Waals surface area (Å²) in [4.78, 5) is 24.5. The molecule has 0 radical (unpaired) electrons. The van der Waals surface area contributed by atoms with Crippen LogP contribution < -0.4 is 10.6 Å². The van der Waals surface area contributed by atoms with Crippen LogP contribution in [0.4, 0.5) is 16.3 Å². The van der Waals surface area contributed by atoms with Crippen molar-refractivity contribution in [1.29, 1.82) is 0 Å². The Kier molecular flexibility index (Phi) is 5.37. The molecule has 0 aliphatic heterocycles. The normalized spacial score (nSPS) is 12.0. The number of aromatic nitrogens is 3. The van der Waals surface area contributed by atoms with Gasteiger partial charge in [0.1, 0.15) is 11.6 Å². The van der Waals surface area contributed by atoms with Crippen LogP contribution in [0.3, 0.4) is 0 Å². The number of nitrogens with one attached hydrogen (secondary N) is 2. The molecule has 2 N–H and O–H groups in total. The van der Waals surface area contributed by atoms with Crippen LogP contribution in [0.2, 0.25) is 0 Å². The predicted octanol–water partition coefficient (Wildman–Crippen LogP) is 3.29. The van der Waals surface area contributed by atoms with Crippen molar-refractivity contribution in [3.63, 3.8) is 0 Å². The van der Waals surface area contributed by atoms with Crippen LogP contribution >= 0.6 is 11.3 Å². The van der Waals surface area contributed by atoms with Crippen LogP contribution in [-0.4, -0.2) is 20.9 Å². The van der Waals surface area contributed by atoms with Gasteiger partial charge in [-0.1, -0.05) is 13.8 Å². The highest BCUT2D eigenvalue weighted by Crippen LogP contribution is 2.28. The molecule has 2 heterocycles. The molecule has 0 spiro atoms. The first kappa shape index (κ1) is 16.3. The zero-order chi connectivity index (χ0) is 16.1. The Labute approximate surface area is 132 Å². The van der Waals surface area contributed by atoms with Crippen LogP contribution in [0.15, 0.2) is 11.4 Å². The van der Waals surface area contributed by atoms with E-state index in [9.17, 15) is 9.18 Å². The SMILES string of the molecule is CCC(=O)Nc1nc(C)nc(NC(CC)c2sccc2F)n1. The van der Waals surface area contributed by atoms with E-state index < -0.39 is 0 Å². The third-order valence-electron chi connectivity index (χ3n) is 2.99. The maximum Gasteiger partial charge on any atom is 0.234 e. The van der Waals surface area contributed by atoms with E-state index in [-0.39, 0.29) is 23.7 Å². The minimum atomic E-state index is -0.241. The second-order valence-corrected chi connectivity index (χ2v) is 5.62. The van der Waals surface area contributed by atoms with Gasteiger partial charge < -0.3 is 5.32 Å². The second-order valence-electron chi connectivity index (χ2n) is 4.67. The van der Waals surface area contributed by atoms with Crippen LogP contribution in [0.25, 0.3) is 0 Å². The second kappa shape index (κ2) is 7.26. The number of carbonyl (C=O) groups is 1. The summed E-state index contributed by atoms with van der Waals surface area (Å²) in [6, 6.07) is 1.21. The molecule has 2 rings (SSSR count). The number of thiophene rings is 1. The van der Waals surface area contributed by atoms with Crippen molar-refractivity contribution in [3.8, 4) is 0 Å². The highest BCUT2D eigenvalue weighted by Gasteiger charge is 2.17. The summed E-state index contributed by atoms with van der Waals surface area (Å²) in [5, 5.41) is 7.41. The summed E-state index contributed by atoms with van der Waals surface area (Å²) in [6.07, 6.45) is 1.02. The van der Waals surface area contributed by atoms with Crippen molar-refractivity contribution in [2.24, 2.45) is 0 Å². The fourth-order valence-electron chi connectivity index (χ4n) is 1.88. The molecule has 0 bridgehead atoms. The van der Waals surface area contributed by atoms with Gasteiger partial charge in [-0.25, -0.2) is 4.39 Å². The summed E-state index contributed by atoms with van der Waals surface area (Å²) >= 11 is 1.35. The third kappa shape index (κ3) is 3.97. The minimum absolute atomic E-state index is 0.173. The molecule has 8 heteroatoms. The summed E-state index contributed by atoms with van der Waals surface area (Å²) in [7, 11) is 0. The van der Waals surface area contributed by atoms with Crippen molar-refractivity contribution >= 4 is 29.1 Å². The van der Waals surface area contributed by atoms with Crippen LogP contribution in [0.5, 0.6) is 0 Å². The fourth-order valence-corrected chi connectivity index (χ4v) is 2.78. The van der Waals surface area contributed by atoms with Gasteiger partial charge in [0.15, 0.2) is 0 Å². The lowest BCUT2D eigenvalue weighted by molar-refractivity contribution is -0.115. The van der Waals surface area contributed by atoms with Crippen molar-refractivity contribution in [2.75, 3.05) is 10.6 Å². The molecule has 0 aliphatic carbocycles. The van der Waals surface area contributed by atoms with Gasteiger partial charge in [0, 0.05) is 6.42 Å². The van der Waals surface area contributed by atoms with Gasteiger partial charge in [-0.05, 0) is 24.8 Å². The number of rotatable bonds is 6. The summed E-state index contributed by atoms with van der Waals surface area (Å²) < 4.78 is 13.7. The summed E-state index contributed by atoms with van der Waals surface area (Å²) in [6.45, 7) is 5.40. The van der Waals surface area contributed by atoms with Crippen molar-refractivity contribution in [2.45, 2.75) is 39.7 Å². The first-order chi connectivity index (χ1) is 10.5. The molecule has 1 unspecified atom stereocenters. The fraction of sp³-hybridized carbons (Fsp3) is 0.429. The number of aryl methyl sites for hydroxylation is 1.